The van der Waals surface area contributed by atoms with Gasteiger partial charge >= 0.3 is 5.63 Å². The zero-order chi connectivity index (χ0) is 15.1. The highest BCUT2D eigenvalue weighted by Crippen LogP contribution is 2.28. The molecule has 4 rings (SSSR count). The van der Waals surface area contributed by atoms with E-state index in [0.29, 0.717) is 5.76 Å². The molecule has 0 amide bonds. The minimum atomic E-state index is -0.561. The first-order chi connectivity index (χ1) is 10.7. The fraction of sp³-hybridized carbons (Fsp3) is 0. The molecule has 106 valence electrons. The van der Waals surface area contributed by atoms with Gasteiger partial charge in [0.25, 0.3) is 0 Å². The van der Waals surface area contributed by atoms with E-state index in [4.69, 9.17) is 4.42 Å². The van der Waals surface area contributed by atoms with E-state index in [2.05, 4.69) is 24.3 Å². The molecule has 0 saturated carbocycles. The van der Waals surface area contributed by atoms with E-state index in [0.717, 1.165) is 27.8 Å². The van der Waals surface area contributed by atoms with Gasteiger partial charge < -0.3 is 9.52 Å². The molecule has 0 atom stereocenters. The second kappa shape index (κ2) is 4.74. The minimum Gasteiger partial charge on any atom is -0.508 e. The summed E-state index contributed by atoms with van der Waals surface area (Å²) >= 11 is 0. The summed E-state index contributed by atoms with van der Waals surface area (Å²) in [5, 5.41) is 14.1. The standard InChI is InChI=1S/C19H12O3/c20-17-10-18(22-19(21)11-17)15-6-5-14-7-12-3-1-2-4-13(12)8-16(14)9-15/h1-11,20H. The average Bonchev–Trinajstić information content (AvgIpc) is 2.51. The van der Waals surface area contributed by atoms with Gasteiger partial charge in [-0.3, -0.25) is 0 Å². The number of fused-ring (bicyclic) bond motifs is 2. The van der Waals surface area contributed by atoms with Crippen molar-refractivity contribution in [3.05, 3.63) is 77.2 Å². The van der Waals surface area contributed by atoms with Crippen LogP contribution in [0.15, 0.2) is 75.9 Å². The second-order valence-corrected chi connectivity index (χ2v) is 5.26. The van der Waals surface area contributed by atoms with Crippen LogP contribution < -0.4 is 5.63 Å². The third kappa shape index (κ3) is 2.13. The summed E-state index contributed by atoms with van der Waals surface area (Å²) in [6.07, 6.45) is 0. The first-order valence-corrected chi connectivity index (χ1v) is 6.96. The van der Waals surface area contributed by atoms with E-state index in [9.17, 15) is 9.90 Å². The normalized spacial score (nSPS) is 11.1. The first kappa shape index (κ1) is 12.7. The molecular weight excluding hydrogens is 276 g/mol. The van der Waals surface area contributed by atoms with Crippen LogP contribution in [0.4, 0.5) is 0 Å². The van der Waals surface area contributed by atoms with Crippen molar-refractivity contribution in [2.45, 2.75) is 0 Å². The zero-order valence-corrected chi connectivity index (χ0v) is 11.6. The Morgan fingerprint density at radius 1 is 0.727 bits per heavy atom. The number of aromatic hydroxyl groups is 1. The minimum absolute atomic E-state index is 0.0927. The largest absolute Gasteiger partial charge is 0.508 e. The molecule has 0 aliphatic rings. The predicted molar refractivity (Wildman–Crippen MR) is 87.1 cm³/mol. The Morgan fingerprint density at radius 2 is 1.41 bits per heavy atom. The predicted octanol–water partition coefficient (Wildman–Crippen LogP) is 4.32. The quantitative estimate of drug-likeness (QED) is 0.531. The second-order valence-electron chi connectivity index (χ2n) is 5.26. The zero-order valence-electron chi connectivity index (χ0n) is 11.6. The molecule has 1 aromatic heterocycles. The summed E-state index contributed by atoms with van der Waals surface area (Å²) in [7, 11) is 0. The highest BCUT2D eigenvalue weighted by Gasteiger charge is 2.06. The van der Waals surface area contributed by atoms with Gasteiger partial charge in [-0.1, -0.05) is 36.4 Å². The summed E-state index contributed by atoms with van der Waals surface area (Å²) in [6, 6.07) is 20.7. The summed E-state index contributed by atoms with van der Waals surface area (Å²) in [5.74, 6) is 0.268. The molecule has 0 aliphatic carbocycles. The van der Waals surface area contributed by atoms with Crippen LogP contribution >= 0.6 is 0 Å². The van der Waals surface area contributed by atoms with Gasteiger partial charge in [-0.15, -0.1) is 0 Å². The molecule has 1 N–H and O–H groups in total. The lowest BCUT2D eigenvalue weighted by atomic mass is 10.0. The van der Waals surface area contributed by atoms with Crippen molar-refractivity contribution in [2.24, 2.45) is 0 Å². The SMILES string of the molecule is O=c1cc(O)cc(-c2ccc3cc4ccccc4cc3c2)o1. The number of hydrogen-bond acceptors (Lipinski definition) is 3. The van der Waals surface area contributed by atoms with E-state index in [1.165, 1.54) is 11.5 Å². The van der Waals surface area contributed by atoms with Crippen LogP contribution in [-0.4, -0.2) is 5.11 Å². The van der Waals surface area contributed by atoms with Gasteiger partial charge in [0.05, 0.1) is 6.07 Å². The van der Waals surface area contributed by atoms with Crippen molar-refractivity contribution in [2.75, 3.05) is 0 Å². The van der Waals surface area contributed by atoms with Crippen molar-refractivity contribution >= 4 is 21.5 Å². The third-order valence-electron chi connectivity index (χ3n) is 3.74. The summed E-state index contributed by atoms with van der Waals surface area (Å²) in [6.45, 7) is 0. The molecule has 0 saturated heterocycles. The smallest absolute Gasteiger partial charge is 0.339 e. The molecule has 3 aromatic carbocycles. The maximum absolute atomic E-state index is 11.4. The van der Waals surface area contributed by atoms with Gasteiger partial charge in [0, 0.05) is 11.6 Å². The number of benzene rings is 3. The molecule has 0 bridgehead atoms. The van der Waals surface area contributed by atoms with Crippen LogP contribution in [0.5, 0.6) is 5.75 Å². The molecule has 3 heteroatoms. The van der Waals surface area contributed by atoms with Crippen molar-refractivity contribution in [1.29, 1.82) is 0 Å². The Hall–Kier alpha value is -3.07. The molecule has 0 spiro atoms. The molecule has 3 nitrogen and oxygen atoms in total. The van der Waals surface area contributed by atoms with E-state index in [1.54, 1.807) is 0 Å². The number of hydrogen-bond donors (Lipinski definition) is 1. The highest BCUT2D eigenvalue weighted by atomic mass is 16.4. The van der Waals surface area contributed by atoms with E-state index < -0.39 is 5.63 Å². The maximum atomic E-state index is 11.4. The summed E-state index contributed by atoms with van der Waals surface area (Å²) in [5.41, 5.74) is 0.199. The van der Waals surface area contributed by atoms with Crippen LogP contribution in [-0.2, 0) is 0 Å². The van der Waals surface area contributed by atoms with Gasteiger partial charge in [0.1, 0.15) is 11.5 Å². The molecule has 22 heavy (non-hydrogen) atoms. The van der Waals surface area contributed by atoms with Crippen molar-refractivity contribution < 1.29 is 9.52 Å². The molecule has 0 radical (unpaired) electrons. The van der Waals surface area contributed by atoms with Crippen LogP contribution in [0.3, 0.4) is 0 Å². The van der Waals surface area contributed by atoms with Gasteiger partial charge in [-0.25, -0.2) is 4.79 Å². The maximum Gasteiger partial charge on any atom is 0.339 e. The molecule has 1 heterocycles. The van der Waals surface area contributed by atoms with Crippen LogP contribution in [0.1, 0.15) is 0 Å². The topological polar surface area (TPSA) is 50.4 Å². The van der Waals surface area contributed by atoms with Crippen LogP contribution in [0.2, 0.25) is 0 Å². The van der Waals surface area contributed by atoms with Crippen LogP contribution in [0.25, 0.3) is 32.9 Å². The Bertz CT molecular complexity index is 1060. The highest BCUT2D eigenvalue weighted by molar-refractivity contribution is 5.99. The van der Waals surface area contributed by atoms with E-state index in [1.807, 2.05) is 30.3 Å². The fourth-order valence-corrected chi connectivity index (χ4v) is 2.70. The Kier molecular flexibility index (Phi) is 2.73. The van der Waals surface area contributed by atoms with E-state index in [-0.39, 0.29) is 5.75 Å². The van der Waals surface area contributed by atoms with Gasteiger partial charge in [-0.2, -0.15) is 0 Å². The summed E-state index contributed by atoms with van der Waals surface area (Å²) < 4.78 is 5.16. The Balaban J connectivity index is 1.96. The number of rotatable bonds is 1. The monoisotopic (exact) mass is 288 g/mol. The van der Waals surface area contributed by atoms with Gasteiger partial charge in [0.2, 0.25) is 0 Å². The Labute approximate surface area is 126 Å². The van der Waals surface area contributed by atoms with Gasteiger partial charge in [0.15, 0.2) is 0 Å². The lowest BCUT2D eigenvalue weighted by Crippen LogP contribution is -1.96. The molecule has 0 unspecified atom stereocenters. The van der Waals surface area contributed by atoms with Gasteiger partial charge in [-0.05, 0) is 39.7 Å². The first-order valence-electron chi connectivity index (χ1n) is 6.96. The van der Waals surface area contributed by atoms with Crippen molar-refractivity contribution in [3.63, 3.8) is 0 Å². The van der Waals surface area contributed by atoms with Crippen molar-refractivity contribution in [1.82, 2.24) is 0 Å². The van der Waals surface area contributed by atoms with Crippen LogP contribution in [0, 0.1) is 0 Å². The lowest BCUT2D eigenvalue weighted by molar-refractivity contribution is 0.453. The molecule has 0 aliphatic heterocycles. The molecule has 0 fully saturated rings. The molecular formula is C19H12O3. The molecule has 4 aromatic rings. The average molecular weight is 288 g/mol. The fourth-order valence-electron chi connectivity index (χ4n) is 2.70. The lowest BCUT2D eigenvalue weighted by Gasteiger charge is -2.05. The van der Waals surface area contributed by atoms with Crippen molar-refractivity contribution in [3.8, 4) is 17.1 Å². The Morgan fingerprint density at radius 3 is 2.14 bits per heavy atom. The van der Waals surface area contributed by atoms with E-state index >= 15 is 0 Å². The third-order valence-corrected chi connectivity index (χ3v) is 3.74. The summed E-state index contributed by atoms with van der Waals surface area (Å²) in [4.78, 5) is 11.4.